The SMILES string of the molecule is CC(=O)N(C)c1ccccc1SSc1ccccn1. The Balaban J connectivity index is 2.14. The number of hydrogen-bond donors (Lipinski definition) is 0. The molecular weight excluding hydrogens is 276 g/mol. The van der Waals surface area contributed by atoms with Crippen molar-refractivity contribution in [1.82, 2.24) is 4.98 Å². The zero-order valence-electron chi connectivity index (χ0n) is 10.7. The second-order valence-electron chi connectivity index (χ2n) is 3.88. The highest BCUT2D eigenvalue weighted by Gasteiger charge is 2.11. The lowest BCUT2D eigenvalue weighted by Gasteiger charge is -2.18. The lowest BCUT2D eigenvalue weighted by Crippen LogP contribution is -2.23. The molecule has 0 aliphatic heterocycles. The van der Waals surface area contributed by atoms with E-state index >= 15 is 0 Å². The maximum absolute atomic E-state index is 11.5. The van der Waals surface area contributed by atoms with Crippen LogP contribution < -0.4 is 4.90 Å². The van der Waals surface area contributed by atoms with Gasteiger partial charge in [-0.15, -0.1) is 0 Å². The highest BCUT2D eigenvalue weighted by molar-refractivity contribution is 8.76. The number of carbonyl (C=O) groups is 1. The fourth-order valence-electron chi connectivity index (χ4n) is 1.46. The molecule has 98 valence electrons. The maximum Gasteiger partial charge on any atom is 0.223 e. The topological polar surface area (TPSA) is 33.2 Å². The smallest absolute Gasteiger partial charge is 0.223 e. The number of carbonyl (C=O) groups excluding carboxylic acids is 1. The molecule has 0 radical (unpaired) electrons. The largest absolute Gasteiger partial charge is 0.315 e. The van der Waals surface area contributed by atoms with E-state index in [1.54, 1.807) is 46.7 Å². The number of amides is 1. The molecule has 5 heteroatoms. The second-order valence-corrected chi connectivity index (χ2v) is 6.07. The summed E-state index contributed by atoms with van der Waals surface area (Å²) in [6.45, 7) is 1.56. The van der Waals surface area contributed by atoms with E-state index in [4.69, 9.17) is 0 Å². The number of rotatable bonds is 4. The van der Waals surface area contributed by atoms with Gasteiger partial charge in [0.05, 0.1) is 5.69 Å². The van der Waals surface area contributed by atoms with Gasteiger partial charge in [-0.1, -0.05) is 18.2 Å². The van der Waals surface area contributed by atoms with Gasteiger partial charge >= 0.3 is 0 Å². The molecule has 19 heavy (non-hydrogen) atoms. The lowest BCUT2D eigenvalue weighted by molar-refractivity contribution is -0.116. The summed E-state index contributed by atoms with van der Waals surface area (Å²) in [5, 5.41) is 0.952. The van der Waals surface area contributed by atoms with E-state index in [2.05, 4.69) is 4.98 Å². The molecular formula is C14H14N2OS2. The van der Waals surface area contributed by atoms with Crippen molar-refractivity contribution in [3.8, 4) is 0 Å². The quantitative estimate of drug-likeness (QED) is 0.801. The van der Waals surface area contributed by atoms with Crippen LogP contribution in [0.25, 0.3) is 0 Å². The van der Waals surface area contributed by atoms with E-state index < -0.39 is 0 Å². The van der Waals surface area contributed by atoms with Crippen LogP contribution in [0, 0.1) is 0 Å². The number of aromatic nitrogens is 1. The molecule has 1 aromatic carbocycles. The molecule has 0 spiro atoms. The van der Waals surface area contributed by atoms with Crippen molar-refractivity contribution in [3.05, 3.63) is 48.7 Å². The summed E-state index contributed by atoms with van der Waals surface area (Å²) in [5.41, 5.74) is 0.920. The molecule has 0 bridgehead atoms. The van der Waals surface area contributed by atoms with Gasteiger partial charge in [-0.25, -0.2) is 4.98 Å². The zero-order valence-corrected chi connectivity index (χ0v) is 12.4. The van der Waals surface area contributed by atoms with Gasteiger partial charge in [0.15, 0.2) is 0 Å². The van der Waals surface area contributed by atoms with Crippen LogP contribution in [0.4, 0.5) is 5.69 Å². The number of benzene rings is 1. The van der Waals surface area contributed by atoms with Gasteiger partial charge in [-0.05, 0) is 45.9 Å². The summed E-state index contributed by atoms with van der Waals surface area (Å²) >= 11 is 0. The molecule has 0 aliphatic carbocycles. The normalized spacial score (nSPS) is 10.2. The van der Waals surface area contributed by atoms with Crippen molar-refractivity contribution in [2.24, 2.45) is 0 Å². The summed E-state index contributed by atoms with van der Waals surface area (Å²) < 4.78 is 0. The van der Waals surface area contributed by atoms with E-state index in [0.717, 1.165) is 15.6 Å². The second kappa shape index (κ2) is 6.63. The average Bonchev–Trinajstić information content (AvgIpc) is 2.45. The molecule has 1 heterocycles. The van der Waals surface area contributed by atoms with Crippen LogP contribution in [0.5, 0.6) is 0 Å². The van der Waals surface area contributed by atoms with Crippen LogP contribution in [0.1, 0.15) is 6.92 Å². The standard InChI is InChI=1S/C14H14N2OS2/c1-11(17)16(2)12-7-3-4-8-13(12)18-19-14-9-5-6-10-15-14/h3-10H,1-2H3. The molecule has 1 amide bonds. The monoisotopic (exact) mass is 290 g/mol. The van der Waals surface area contributed by atoms with E-state index in [9.17, 15) is 4.79 Å². The van der Waals surface area contributed by atoms with Gasteiger partial charge in [0.2, 0.25) is 5.91 Å². The summed E-state index contributed by atoms with van der Waals surface area (Å²) in [4.78, 5) is 18.4. The van der Waals surface area contributed by atoms with Gasteiger partial charge in [-0.2, -0.15) is 0 Å². The fraction of sp³-hybridized carbons (Fsp3) is 0.143. The molecule has 0 aliphatic rings. The zero-order chi connectivity index (χ0) is 13.7. The molecule has 3 nitrogen and oxygen atoms in total. The van der Waals surface area contributed by atoms with Crippen molar-refractivity contribution in [3.63, 3.8) is 0 Å². The molecule has 2 aromatic rings. The van der Waals surface area contributed by atoms with Gasteiger partial charge < -0.3 is 4.90 Å². The highest BCUT2D eigenvalue weighted by atomic mass is 33.1. The van der Waals surface area contributed by atoms with Crippen LogP contribution in [-0.4, -0.2) is 17.9 Å². The number of pyridine rings is 1. The molecule has 0 fully saturated rings. The number of anilines is 1. The van der Waals surface area contributed by atoms with E-state index in [0.29, 0.717) is 0 Å². The van der Waals surface area contributed by atoms with Crippen LogP contribution >= 0.6 is 21.6 Å². The predicted octanol–water partition coefficient (Wildman–Crippen LogP) is 3.86. The molecule has 0 saturated carbocycles. The molecule has 0 saturated heterocycles. The third kappa shape index (κ3) is 3.75. The Morgan fingerprint density at radius 1 is 1.11 bits per heavy atom. The summed E-state index contributed by atoms with van der Waals surface area (Å²) in [6, 6.07) is 13.7. The van der Waals surface area contributed by atoms with Crippen LogP contribution in [-0.2, 0) is 4.79 Å². The van der Waals surface area contributed by atoms with Crippen LogP contribution in [0.2, 0.25) is 0 Å². The first-order valence-electron chi connectivity index (χ1n) is 5.77. The van der Waals surface area contributed by atoms with Crippen molar-refractivity contribution >= 4 is 33.2 Å². The van der Waals surface area contributed by atoms with Gasteiger partial charge in [0.25, 0.3) is 0 Å². The first kappa shape index (κ1) is 14.0. The Bertz CT molecular complexity index is 560. The van der Waals surface area contributed by atoms with E-state index in [1.165, 1.54) is 0 Å². The third-order valence-corrected chi connectivity index (χ3v) is 4.87. The molecule has 0 atom stereocenters. The Morgan fingerprint density at radius 3 is 2.53 bits per heavy atom. The van der Waals surface area contributed by atoms with E-state index in [1.807, 2.05) is 42.5 Å². The number of para-hydroxylation sites is 1. The van der Waals surface area contributed by atoms with Crippen molar-refractivity contribution < 1.29 is 4.79 Å². The van der Waals surface area contributed by atoms with Crippen molar-refractivity contribution in [2.45, 2.75) is 16.8 Å². The Labute approximate surface area is 120 Å². The molecule has 0 unspecified atom stereocenters. The van der Waals surface area contributed by atoms with E-state index in [-0.39, 0.29) is 5.91 Å². The molecule has 2 rings (SSSR count). The Kier molecular flexibility index (Phi) is 4.87. The molecule has 0 N–H and O–H groups in total. The van der Waals surface area contributed by atoms with Gasteiger partial charge in [0, 0.05) is 25.1 Å². The lowest BCUT2D eigenvalue weighted by atomic mass is 10.3. The van der Waals surface area contributed by atoms with Crippen molar-refractivity contribution in [1.29, 1.82) is 0 Å². The maximum atomic E-state index is 11.5. The first-order chi connectivity index (χ1) is 9.18. The number of hydrogen-bond acceptors (Lipinski definition) is 4. The number of nitrogens with zero attached hydrogens (tertiary/aromatic N) is 2. The van der Waals surface area contributed by atoms with Gasteiger partial charge in [-0.3, -0.25) is 4.79 Å². The van der Waals surface area contributed by atoms with Crippen LogP contribution in [0.3, 0.4) is 0 Å². The first-order valence-corrected chi connectivity index (χ1v) is 7.92. The summed E-state index contributed by atoms with van der Waals surface area (Å²) in [6.07, 6.45) is 1.77. The summed E-state index contributed by atoms with van der Waals surface area (Å²) in [7, 11) is 4.98. The summed E-state index contributed by atoms with van der Waals surface area (Å²) in [5.74, 6) is 0.0240. The Hall–Kier alpha value is -1.46. The fourth-order valence-corrected chi connectivity index (χ4v) is 3.54. The van der Waals surface area contributed by atoms with Crippen LogP contribution in [0.15, 0.2) is 58.6 Å². The minimum absolute atomic E-state index is 0.0240. The molecule has 1 aromatic heterocycles. The average molecular weight is 290 g/mol. The Morgan fingerprint density at radius 2 is 1.84 bits per heavy atom. The predicted molar refractivity (Wildman–Crippen MR) is 81.5 cm³/mol. The minimum Gasteiger partial charge on any atom is -0.315 e. The highest BCUT2D eigenvalue weighted by Crippen LogP contribution is 2.40. The van der Waals surface area contributed by atoms with Crippen molar-refractivity contribution in [2.75, 3.05) is 11.9 Å². The third-order valence-electron chi connectivity index (χ3n) is 2.55. The van der Waals surface area contributed by atoms with Gasteiger partial charge in [0.1, 0.15) is 5.03 Å². The minimum atomic E-state index is 0.0240.